The van der Waals surface area contributed by atoms with Crippen molar-refractivity contribution >= 4 is 0 Å². The molecule has 0 spiro atoms. The van der Waals surface area contributed by atoms with Crippen LogP contribution in [0.4, 0.5) is 0 Å². The van der Waals surface area contributed by atoms with Crippen LogP contribution in [0.15, 0.2) is 18.2 Å². The van der Waals surface area contributed by atoms with Crippen LogP contribution in [0.5, 0.6) is 5.75 Å². The van der Waals surface area contributed by atoms with Gasteiger partial charge in [-0.05, 0) is 37.7 Å². The van der Waals surface area contributed by atoms with Crippen LogP contribution in [0, 0.1) is 0 Å². The largest absolute Gasteiger partial charge is 0.493 e. The van der Waals surface area contributed by atoms with Crippen LogP contribution in [0.2, 0.25) is 0 Å². The maximum atomic E-state index is 5.83. The van der Waals surface area contributed by atoms with E-state index in [-0.39, 0.29) is 6.04 Å². The summed E-state index contributed by atoms with van der Waals surface area (Å²) in [4.78, 5) is 4.84. The number of likely N-dealkylation sites (N-methyl/N-ethyl adjacent to an activating group) is 2. The zero-order chi connectivity index (χ0) is 14.8. The monoisotopic (exact) mass is 290 g/mol. The van der Waals surface area contributed by atoms with E-state index in [1.54, 1.807) is 0 Å². The van der Waals surface area contributed by atoms with Crippen molar-refractivity contribution in [3.63, 3.8) is 0 Å². The first-order chi connectivity index (χ1) is 10.2. The van der Waals surface area contributed by atoms with Gasteiger partial charge in [-0.15, -0.1) is 0 Å². The molecule has 1 aromatic rings. The normalized spacial score (nSPS) is 24.6. The van der Waals surface area contributed by atoms with E-state index in [0.717, 1.165) is 44.8 Å². The Labute approximate surface area is 127 Å². The first kappa shape index (κ1) is 14.8. The molecular weight excluding hydrogens is 264 g/mol. The molecule has 0 aromatic heterocycles. The molecule has 2 aliphatic rings. The molecule has 2 atom stereocenters. The summed E-state index contributed by atoms with van der Waals surface area (Å²) in [7, 11) is 4.40. The van der Waals surface area contributed by atoms with Gasteiger partial charge in [-0.3, -0.25) is 11.3 Å². The van der Waals surface area contributed by atoms with Gasteiger partial charge in [-0.25, -0.2) is 0 Å². The van der Waals surface area contributed by atoms with Crippen molar-refractivity contribution < 1.29 is 4.74 Å². The Kier molecular flexibility index (Phi) is 4.45. The average molecular weight is 290 g/mol. The predicted octanol–water partition coefficient (Wildman–Crippen LogP) is 0.762. The van der Waals surface area contributed by atoms with Crippen LogP contribution >= 0.6 is 0 Å². The summed E-state index contributed by atoms with van der Waals surface area (Å²) >= 11 is 0. The lowest BCUT2D eigenvalue weighted by atomic mass is 9.96. The lowest BCUT2D eigenvalue weighted by molar-refractivity contribution is 0.101. The minimum absolute atomic E-state index is 0.190. The van der Waals surface area contributed by atoms with Gasteiger partial charge in [0.25, 0.3) is 0 Å². The summed E-state index contributed by atoms with van der Waals surface area (Å²) in [5, 5.41) is 0. The summed E-state index contributed by atoms with van der Waals surface area (Å²) in [6, 6.07) is 7.20. The highest BCUT2D eigenvalue weighted by Crippen LogP contribution is 2.30. The van der Waals surface area contributed by atoms with Crippen molar-refractivity contribution in [1.82, 2.24) is 15.2 Å². The maximum Gasteiger partial charge on any atom is 0.122 e. The van der Waals surface area contributed by atoms with Crippen LogP contribution in [-0.4, -0.2) is 56.2 Å². The molecule has 0 radical (unpaired) electrons. The number of nitrogens with zero attached hydrogens (tertiary/aromatic N) is 2. The molecule has 1 fully saturated rings. The van der Waals surface area contributed by atoms with Gasteiger partial charge < -0.3 is 14.5 Å². The molecule has 0 saturated carbocycles. The van der Waals surface area contributed by atoms with Gasteiger partial charge >= 0.3 is 0 Å². The number of rotatable bonds is 4. The molecule has 3 rings (SSSR count). The lowest BCUT2D eigenvalue weighted by Crippen LogP contribution is -2.51. The van der Waals surface area contributed by atoms with Gasteiger partial charge in [0.15, 0.2) is 0 Å². The smallest absolute Gasteiger partial charge is 0.122 e. The lowest BCUT2D eigenvalue weighted by Gasteiger charge is -2.39. The highest BCUT2D eigenvalue weighted by atomic mass is 16.5. The van der Waals surface area contributed by atoms with Gasteiger partial charge in [-0.2, -0.15) is 0 Å². The number of benzene rings is 1. The first-order valence-corrected chi connectivity index (χ1v) is 7.78. The molecule has 1 saturated heterocycles. The van der Waals surface area contributed by atoms with Crippen molar-refractivity contribution in [3.05, 3.63) is 29.3 Å². The van der Waals surface area contributed by atoms with E-state index in [9.17, 15) is 0 Å². The molecule has 2 unspecified atom stereocenters. The zero-order valence-electron chi connectivity index (χ0n) is 13.0. The van der Waals surface area contributed by atoms with E-state index in [1.807, 2.05) is 0 Å². The Bertz CT molecular complexity index is 493. The second kappa shape index (κ2) is 6.32. The summed E-state index contributed by atoms with van der Waals surface area (Å²) in [6.07, 6.45) is 2.03. The molecule has 2 heterocycles. The molecular formula is C16H26N4O. The minimum atomic E-state index is 0.190. The molecule has 5 heteroatoms. The van der Waals surface area contributed by atoms with E-state index in [2.05, 4.69) is 47.5 Å². The van der Waals surface area contributed by atoms with E-state index >= 15 is 0 Å². The summed E-state index contributed by atoms with van der Waals surface area (Å²) in [5.41, 5.74) is 5.58. The van der Waals surface area contributed by atoms with Crippen LogP contribution in [0.3, 0.4) is 0 Å². The third-order valence-corrected chi connectivity index (χ3v) is 4.81. The maximum absolute atomic E-state index is 5.83. The van der Waals surface area contributed by atoms with Crippen molar-refractivity contribution in [2.24, 2.45) is 5.84 Å². The second-order valence-corrected chi connectivity index (χ2v) is 6.32. The third kappa shape index (κ3) is 3.21. The molecule has 2 aliphatic heterocycles. The summed E-state index contributed by atoms with van der Waals surface area (Å²) in [5.74, 6) is 6.87. The Morgan fingerprint density at radius 2 is 2.24 bits per heavy atom. The average Bonchev–Trinajstić information content (AvgIpc) is 2.95. The van der Waals surface area contributed by atoms with E-state index in [1.165, 1.54) is 11.1 Å². The quantitative estimate of drug-likeness (QED) is 0.633. The number of piperazine rings is 1. The van der Waals surface area contributed by atoms with E-state index in [4.69, 9.17) is 10.6 Å². The number of nitrogens with one attached hydrogen (secondary N) is 1. The fourth-order valence-electron chi connectivity index (χ4n) is 3.35. The van der Waals surface area contributed by atoms with Crippen molar-refractivity contribution in [2.45, 2.75) is 24.9 Å². The highest BCUT2D eigenvalue weighted by molar-refractivity contribution is 5.40. The zero-order valence-corrected chi connectivity index (χ0v) is 13.0. The third-order valence-electron chi connectivity index (χ3n) is 4.81. The molecule has 1 aromatic carbocycles. The molecule has 5 nitrogen and oxygen atoms in total. The van der Waals surface area contributed by atoms with Gasteiger partial charge in [0.05, 0.1) is 6.61 Å². The SMILES string of the molecule is CN1CCN(C)C(CC(NN)c2ccc3c(c2)CCO3)C1. The number of hydrogen-bond donors (Lipinski definition) is 2. The summed E-state index contributed by atoms with van der Waals surface area (Å²) < 4.78 is 5.58. The van der Waals surface area contributed by atoms with Crippen LogP contribution in [0.1, 0.15) is 23.6 Å². The minimum Gasteiger partial charge on any atom is -0.493 e. The number of fused-ring (bicyclic) bond motifs is 1. The predicted molar refractivity (Wildman–Crippen MR) is 84.2 cm³/mol. The number of ether oxygens (including phenoxy) is 1. The van der Waals surface area contributed by atoms with Crippen molar-refractivity contribution in [1.29, 1.82) is 0 Å². The Morgan fingerprint density at radius 1 is 1.38 bits per heavy atom. The van der Waals surface area contributed by atoms with Crippen molar-refractivity contribution in [2.75, 3.05) is 40.3 Å². The Morgan fingerprint density at radius 3 is 3.05 bits per heavy atom. The molecule has 21 heavy (non-hydrogen) atoms. The number of nitrogens with two attached hydrogens (primary N) is 1. The van der Waals surface area contributed by atoms with Crippen LogP contribution in [0.25, 0.3) is 0 Å². The van der Waals surface area contributed by atoms with E-state index < -0.39 is 0 Å². The Hall–Kier alpha value is -1.14. The topological polar surface area (TPSA) is 53.8 Å². The number of hydrazine groups is 1. The Balaban J connectivity index is 1.72. The summed E-state index contributed by atoms with van der Waals surface area (Å²) in [6.45, 7) is 4.17. The molecule has 0 amide bonds. The molecule has 0 aliphatic carbocycles. The standard InChI is InChI=1S/C16H26N4O/c1-19-6-7-20(2)14(11-19)10-15(18-17)12-3-4-16-13(9-12)5-8-21-16/h3-4,9,14-15,18H,5-8,10-11,17H2,1-2H3. The van der Waals surface area contributed by atoms with Gasteiger partial charge in [-0.1, -0.05) is 12.1 Å². The van der Waals surface area contributed by atoms with Crippen molar-refractivity contribution in [3.8, 4) is 5.75 Å². The number of hydrogen-bond acceptors (Lipinski definition) is 5. The van der Waals surface area contributed by atoms with E-state index in [0.29, 0.717) is 6.04 Å². The highest BCUT2D eigenvalue weighted by Gasteiger charge is 2.26. The van der Waals surface area contributed by atoms with Crippen LogP contribution < -0.4 is 16.0 Å². The van der Waals surface area contributed by atoms with Gasteiger partial charge in [0.1, 0.15) is 5.75 Å². The molecule has 3 N–H and O–H groups in total. The van der Waals surface area contributed by atoms with Crippen LogP contribution in [-0.2, 0) is 6.42 Å². The fourth-order valence-corrected chi connectivity index (χ4v) is 3.35. The molecule has 0 bridgehead atoms. The fraction of sp³-hybridized carbons (Fsp3) is 0.625. The first-order valence-electron chi connectivity index (χ1n) is 7.78. The van der Waals surface area contributed by atoms with Gasteiger partial charge in [0, 0.05) is 38.1 Å². The second-order valence-electron chi connectivity index (χ2n) is 6.32. The molecule has 116 valence electrons. The van der Waals surface area contributed by atoms with Gasteiger partial charge in [0.2, 0.25) is 0 Å².